The first-order chi connectivity index (χ1) is 7.32. The lowest BCUT2D eigenvalue weighted by Crippen LogP contribution is -2.44. The lowest BCUT2D eigenvalue weighted by Gasteiger charge is -2.30. The summed E-state index contributed by atoms with van der Waals surface area (Å²) in [4.78, 5) is 24.6. The number of aliphatic hydroxyl groups is 1. The molecule has 92 valence electrons. The van der Waals surface area contributed by atoms with Crippen LogP contribution in [0.5, 0.6) is 0 Å². The second-order valence-corrected chi connectivity index (χ2v) is 5.49. The molecule has 1 fully saturated rings. The zero-order chi connectivity index (χ0) is 12.3. The summed E-state index contributed by atoms with van der Waals surface area (Å²) in [5, 5.41) is 9.92. The van der Waals surface area contributed by atoms with E-state index in [0.717, 1.165) is 12.8 Å². The summed E-state index contributed by atoms with van der Waals surface area (Å²) in [5.74, 6) is -0.295. The molecule has 1 aliphatic rings. The van der Waals surface area contributed by atoms with Crippen LogP contribution in [0.4, 0.5) is 0 Å². The van der Waals surface area contributed by atoms with Crippen LogP contribution in [0.1, 0.15) is 46.5 Å². The number of carbonyl (C=O) groups is 2. The Morgan fingerprint density at radius 2 is 1.62 bits per heavy atom. The van der Waals surface area contributed by atoms with E-state index in [0.29, 0.717) is 12.8 Å². The van der Waals surface area contributed by atoms with Crippen molar-refractivity contribution in [2.45, 2.75) is 52.6 Å². The van der Waals surface area contributed by atoms with Gasteiger partial charge in [-0.05, 0) is 18.3 Å². The number of rotatable bonds is 2. The molecule has 4 heteroatoms. The summed E-state index contributed by atoms with van der Waals surface area (Å²) in [6.45, 7) is 5.81. The summed E-state index contributed by atoms with van der Waals surface area (Å²) in [6.07, 6.45) is 1.71. The molecule has 1 saturated heterocycles. The van der Waals surface area contributed by atoms with Gasteiger partial charge >= 0.3 is 0 Å². The number of hydrogen-bond donors (Lipinski definition) is 1. The predicted octanol–water partition coefficient (Wildman–Crippen LogP) is 1.32. The molecule has 0 spiro atoms. The smallest absolute Gasteiger partial charge is 0.229 e. The van der Waals surface area contributed by atoms with Crippen molar-refractivity contribution in [3.8, 4) is 0 Å². The van der Waals surface area contributed by atoms with Gasteiger partial charge in [0.05, 0.1) is 12.6 Å². The molecular weight excluding hydrogens is 206 g/mol. The Hall–Kier alpha value is -0.900. The molecule has 1 unspecified atom stereocenters. The van der Waals surface area contributed by atoms with Gasteiger partial charge in [0, 0.05) is 12.8 Å². The van der Waals surface area contributed by atoms with Crippen molar-refractivity contribution in [1.29, 1.82) is 0 Å². The number of nitrogens with zero attached hydrogens (tertiary/aromatic N) is 1. The molecule has 0 bridgehead atoms. The van der Waals surface area contributed by atoms with Crippen LogP contribution in [0.25, 0.3) is 0 Å². The normalized spacial score (nSPS) is 20.9. The number of β-amino-alcohol motifs (C(OH)–C–C–N with tert-alkyl or cyclic N) is 1. The standard InChI is InChI=1S/C12H21NO3/c1-12(2,3)9(14)8-13-10(15)6-4-5-7-11(13)16/h9,14H,4-8H2,1-3H3. The minimum Gasteiger partial charge on any atom is -0.391 e. The fourth-order valence-electron chi connectivity index (χ4n) is 1.61. The average molecular weight is 227 g/mol. The van der Waals surface area contributed by atoms with Crippen LogP contribution in [-0.4, -0.2) is 34.5 Å². The van der Waals surface area contributed by atoms with Gasteiger partial charge in [-0.25, -0.2) is 0 Å². The van der Waals surface area contributed by atoms with Crippen molar-refractivity contribution >= 4 is 11.8 Å². The number of imide groups is 1. The van der Waals surface area contributed by atoms with Gasteiger partial charge in [-0.2, -0.15) is 0 Å². The fraction of sp³-hybridized carbons (Fsp3) is 0.833. The summed E-state index contributed by atoms with van der Waals surface area (Å²) in [5.41, 5.74) is -0.313. The van der Waals surface area contributed by atoms with Crippen LogP contribution in [-0.2, 0) is 9.59 Å². The summed E-state index contributed by atoms with van der Waals surface area (Å²) >= 11 is 0. The van der Waals surface area contributed by atoms with E-state index in [4.69, 9.17) is 0 Å². The van der Waals surface area contributed by atoms with Crippen molar-refractivity contribution < 1.29 is 14.7 Å². The van der Waals surface area contributed by atoms with Crippen LogP contribution in [0.3, 0.4) is 0 Å². The fourth-order valence-corrected chi connectivity index (χ4v) is 1.61. The first kappa shape index (κ1) is 13.2. The van der Waals surface area contributed by atoms with Gasteiger partial charge < -0.3 is 5.11 Å². The molecule has 1 heterocycles. The molecule has 0 saturated carbocycles. The second kappa shape index (κ2) is 4.95. The van der Waals surface area contributed by atoms with Gasteiger partial charge in [0.2, 0.25) is 11.8 Å². The molecule has 0 aromatic rings. The highest BCUT2D eigenvalue weighted by molar-refractivity contribution is 5.96. The maximum atomic E-state index is 11.7. The number of amides is 2. The van der Waals surface area contributed by atoms with E-state index in [9.17, 15) is 14.7 Å². The van der Waals surface area contributed by atoms with Gasteiger partial charge in [0.25, 0.3) is 0 Å². The van der Waals surface area contributed by atoms with Crippen LogP contribution in [0.2, 0.25) is 0 Å². The number of carbonyl (C=O) groups excluding carboxylic acids is 2. The van der Waals surface area contributed by atoms with E-state index in [1.54, 1.807) is 0 Å². The Kier molecular flexibility index (Phi) is 4.08. The Bertz CT molecular complexity index is 262. The quantitative estimate of drug-likeness (QED) is 0.724. The molecule has 1 aliphatic heterocycles. The van der Waals surface area contributed by atoms with Crippen molar-refractivity contribution in [1.82, 2.24) is 4.90 Å². The first-order valence-electron chi connectivity index (χ1n) is 5.83. The Labute approximate surface area is 96.6 Å². The van der Waals surface area contributed by atoms with E-state index in [1.165, 1.54) is 4.90 Å². The first-order valence-corrected chi connectivity index (χ1v) is 5.83. The van der Waals surface area contributed by atoms with E-state index in [1.807, 2.05) is 20.8 Å². The SMILES string of the molecule is CC(C)(C)C(O)CN1C(=O)CCCCC1=O. The molecule has 2 amide bonds. The molecule has 0 radical (unpaired) electrons. The van der Waals surface area contributed by atoms with Gasteiger partial charge in [-0.3, -0.25) is 14.5 Å². The van der Waals surface area contributed by atoms with Crippen molar-refractivity contribution in [2.75, 3.05) is 6.54 Å². The maximum absolute atomic E-state index is 11.7. The third-order valence-corrected chi connectivity index (χ3v) is 2.99. The van der Waals surface area contributed by atoms with Crippen molar-refractivity contribution in [2.24, 2.45) is 5.41 Å². The van der Waals surface area contributed by atoms with E-state index < -0.39 is 6.10 Å². The monoisotopic (exact) mass is 227 g/mol. The Morgan fingerprint density at radius 3 is 2.00 bits per heavy atom. The lowest BCUT2D eigenvalue weighted by molar-refractivity contribution is -0.146. The summed E-state index contributed by atoms with van der Waals surface area (Å²) in [7, 11) is 0. The predicted molar refractivity (Wildman–Crippen MR) is 60.6 cm³/mol. The van der Waals surface area contributed by atoms with Gasteiger partial charge in [0.1, 0.15) is 0 Å². The third-order valence-electron chi connectivity index (χ3n) is 2.99. The number of likely N-dealkylation sites (tertiary alicyclic amines) is 1. The minimum atomic E-state index is -0.668. The van der Waals surface area contributed by atoms with Crippen molar-refractivity contribution in [3.63, 3.8) is 0 Å². The van der Waals surface area contributed by atoms with E-state index in [-0.39, 0.29) is 23.8 Å². The highest BCUT2D eigenvalue weighted by atomic mass is 16.3. The average Bonchev–Trinajstić information content (AvgIpc) is 2.31. The molecule has 0 aliphatic carbocycles. The molecule has 0 aromatic heterocycles. The largest absolute Gasteiger partial charge is 0.391 e. The lowest BCUT2D eigenvalue weighted by atomic mass is 9.89. The molecular formula is C12H21NO3. The Morgan fingerprint density at radius 1 is 1.19 bits per heavy atom. The molecule has 0 aromatic carbocycles. The molecule has 1 atom stereocenters. The Balaban J connectivity index is 2.69. The highest BCUT2D eigenvalue weighted by Gasteiger charge is 2.30. The zero-order valence-corrected chi connectivity index (χ0v) is 10.3. The number of aliphatic hydroxyl groups excluding tert-OH is 1. The third kappa shape index (κ3) is 3.30. The van der Waals surface area contributed by atoms with Crippen LogP contribution in [0, 0.1) is 5.41 Å². The van der Waals surface area contributed by atoms with Crippen LogP contribution >= 0.6 is 0 Å². The van der Waals surface area contributed by atoms with Gasteiger partial charge in [-0.15, -0.1) is 0 Å². The van der Waals surface area contributed by atoms with Gasteiger partial charge in [-0.1, -0.05) is 20.8 Å². The summed E-state index contributed by atoms with van der Waals surface area (Å²) < 4.78 is 0. The summed E-state index contributed by atoms with van der Waals surface area (Å²) in [6, 6.07) is 0. The highest BCUT2D eigenvalue weighted by Crippen LogP contribution is 2.21. The maximum Gasteiger partial charge on any atom is 0.229 e. The molecule has 16 heavy (non-hydrogen) atoms. The molecule has 1 N–H and O–H groups in total. The number of hydrogen-bond acceptors (Lipinski definition) is 3. The van der Waals surface area contributed by atoms with Gasteiger partial charge in [0.15, 0.2) is 0 Å². The minimum absolute atomic E-state index is 0.126. The zero-order valence-electron chi connectivity index (χ0n) is 10.3. The van der Waals surface area contributed by atoms with E-state index >= 15 is 0 Å². The van der Waals surface area contributed by atoms with Crippen LogP contribution < -0.4 is 0 Å². The van der Waals surface area contributed by atoms with Crippen molar-refractivity contribution in [3.05, 3.63) is 0 Å². The topological polar surface area (TPSA) is 57.6 Å². The van der Waals surface area contributed by atoms with Crippen LogP contribution in [0.15, 0.2) is 0 Å². The van der Waals surface area contributed by atoms with E-state index in [2.05, 4.69) is 0 Å². The second-order valence-electron chi connectivity index (χ2n) is 5.49. The molecule has 4 nitrogen and oxygen atoms in total. The molecule has 1 rings (SSSR count).